The Morgan fingerprint density at radius 3 is 1.81 bits per heavy atom. The lowest BCUT2D eigenvalue weighted by Gasteiger charge is -1.95. The average Bonchev–Trinajstić information content (AvgIpc) is 2.18. The van der Waals surface area contributed by atoms with Gasteiger partial charge in [-0.15, -0.1) is 0 Å². The molecule has 0 aromatic heterocycles. The molecule has 0 saturated carbocycles. The first-order valence-corrected chi connectivity index (χ1v) is 6.36. The van der Waals surface area contributed by atoms with Gasteiger partial charge in [-0.25, -0.2) is 0 Å². The number of rotatable bonds is 2. The van der Waals surface area contributed by atoms with Crippen molar-refractivity contribution in [3.63, 3.8) is 0 Å². The van der Waals surface area contributed by atoms with Crippen LogP contribution >= 0.6 is 0 Å². The van der Waals surface area contributed by atoms with E-state index in [4.69, 9.17) is 9.66 Å². The molecule has 0 spiro atoms. The van der Waals surface area contributed by atoms with Crippen LogP contribution in [0.4, 0.5) is 0 Å². The van der Waals surface area contributed by atoms with Crippen molar-refractivity contribution in [1.82, 2.24) is 0 Å². The van der Waals surface area contributed by atoms with Crippen LogP contribution in [-0.2, 0) is 10.1 Å². The molecule has 2 N–H and O–H groups in total. The van der Waals surface area contributed by atoms with Crippen molar-refractivity contribution in [2.75, 3.05) is 6.61 Å². The molecule has 0 heterocycles. The molecule has 0 saturated heterocycles. The van der Waals surface area contributed by atoms with E-state index in [1.807, 2.05) is 20.8 Å². The van der Waals surface area contributed by atoms with Gasteiger partial charge in [-0.1, -0.05) is 31.5 Å². The molecule has 0 atom stereocenters. The van der Waals surface area contributed by atoms with Crippen LogP contribution in [-0.4, -0.2) is 24.7 Å². The van der Waals surface area contributed by atoms with Gasteiger partial charge in [0.05, 0.1) is 4.90 Å². The van der Waals surface area contributed by atoms with Crippen molar-refractivity contribution in [3.05, 3.63) is 29.8 Å². The number of aliphatic hydroxyl groups is 1. The maximum absolute atomic E-state index is 10.5. The maximum atomic E-state index is 10.5. The van der Waals surface area contributed by atoms with Gasteiger partial charge in [0.1, 0.15) is 0 Å². The molecule has 0 radical (unpaired) electrons. The average molecular weight is 246 g/mol. The predicted octanol–water partition coefficient (Wildman–Crippen LogP) is 1.88. The molecular formula is C11H18O4S. The largest absolute Gasteiger partial charge is 0.396 e. The topological polar surface area (TPSA) is 74.6 Å². The second kappa shape index (κ2) is 6.62. The van der Waals surface area contributed by atoms with Gasteiger partial charge in [-0.3, -0.25) is 4.55 Å². The van der Waals surface area contributed by atoms with E-state index in [1.165, 1.54) is 12.1 Å². The SMILES string of the molecule is CC(C)CO.Cc1ccc(S(=O)(=O)O)cc1. The van der Waals surface area contributed by atoms with Crippen molar-refractivity contribution in [3.8, 4) is 0 Å². The van der Waals surface area contributed by atoms with Crippen molar-refractivity contribution < 1.29 is 18.1 Å². The third-order valence-corrected chi connectivity index (χ3v) is 2.55. The molecule has 1 aromatic carbocycles. The van der Waals surface area contributed by atoms with E-state index in [1.54, 1.807) is 12.1 Å². The van der Waals surface area contributed by atoms with Crippen LogP contribution in [0, 0.1) is 12.8 Å². The Bertz CT molecular complexity index is 392. The first kappa shape index (κ1) is 15.1. The van der Waals surface area contributed by atoms with Crippen molar-refractivity contribution in [1.29, 1.82) is 0 Å². The van der Waals surface area contributed by atoms with Crippen LogP contribution in [0.15, 0.2) is 29.2 Å². The number of benzene rings is 1. The van der Waals surface area contributed by atoms with Crippen molar-refractivity contribution in [2.45, 2.75) is 25.7 Å². The minimum absolute atomic E-state index is 0.0666. The molecule has 0 aliphatic heterocycles. The van der Waals surface area contributed by atoms with Gasteiger partial charge < -0.3 is 5.11 Å². The van der Waals surface area contributed by atoms with Gasteiger partial charge in [0, 0.05) is 6.61 Å². The molecule has 1 rings (SSSR count). The molecule has 1 aromatic rings. The fourth-order valence-electron chi connectivity index (χ4n) is 0.710. The molecule has 92 valence electrons. The zero-order valence-corrected chi connectivity index (χ0v) is 10.5. The van der Waals surface area contributed by atoms with Crippen molar-refractivity contribution in [2.24, 2.45) is 5.92 Å². The number of aliphatic hydroxyl groups excluding tert-OH is 1. The van der Waals surface area contributed by atoms with Crippen LogP contribution < -0.4 is 0 Å². The molecule has 16 heavy (non-hydrogen) atoms. The van der Waals surface area contributed by atoms with Crippen LogP contribution in [0.3, 0.4) is 0 Å². The summed E-state index contributed by atoms with van der Waals surface area (Å²) in [6, 6.07) is 5.99. The Kier molecular flexibility index (Phi) is 6.25. The summed E-state index contributed by atoms with van der Waals surface area (Å²) in [4.78, 5) is -0.0666. The normalized spacial score (nSPS) is 10.9. The zero-order chi connectivity index (χ0) is 12.8. The van der Waals surface area contributed by atoms with E-state index in [-0.39, 0.29) is 4.90 Å². The second-order valence-electron chi connectivity index (χ2n) is 3.86. The highest BCUT2D eigenvalue weighted by atomic mass is 32.2. The molecular weight excluding hydrogens is 228 g/mol. The van der Waals surface area contributed by atoms with Gasteiger partial charge in [0.2, 0.25) is 0 Å². The van der Waals surface area contributed by atoms with Crippen LogP contribution in [0.2, 0.25) is 0 Å². The maximum Gasteiger partial charge on any atom is 0.294 e. The highest BCUT2D eigenvalue weighted by Crippen LogP contribution is 2.08. The van der Waals surface area contributed by atoms with E-state index in [9.17, 15) is 8.42 Å². The van der Waals surface area contributed by atoms with Crippen LogP contribution in [0.1, 0.15) is 19.4 Å². The molecule has 0 amide bonds. The van der Waals surface area contributed by atoms with E-state index in [0.717, 1.165) is 5.56 Å². The molecule has 5 heteroatoms. The summed E-state index contributed by atoms with van der Waals surface area (Å²) in [5, 5.41) is 8.14. The molecule has 0 fully saturated rings. The third kappa shape index (κ3) is 6.55. The highest BCUT2D eigenvalue weighted by molar-refractivity contribution is 7.85. The van der Waals surface area contributed by atoms with Gasteiger partial charge in [0.25, 0.3) is 10.1 Å². The minimum Gasteiger partial charge on any atom is -0.396 e. The van der Waals surface area contributed by atoms with Crippen LogP contribution in [0.25, 0.3) is 0 Å². The Balaban J connectivity index is 0.000000385. The lowest BCUT2D eigenvalue weighted by molar-refractivity contribution is 0.248. The highest BCUT2D eigenvalue weighted by Gasteiger charge is 2.06. The molecule has 0 aliphatic carbocycles. The minimum atomic E-state index is -4.02. The summed E-state index contributed by atoms with van der Waals surface area (Å²) in [5.41, 5.74) is 0.956. The van der Waals surface area contributed by atoms with Gasteiger partial charge in [-0.2, -0.15) is 8.42 Å². The first-order valence-electron chi connectivity index (χ1n) is 4.92. The van der Waals surface area contributed by atoms with Crippen LogP contribution in [0.5, 0.6) is 0 Å². The number of aryl methyl sites for hydroxylation is 1. The Hall–Kier alpha value is -0.910. The lowest BCUT2D eigenvalue weighted by Crippen LogP contribution is -1.96. The summed E-state index contributed by atoms with van der Waals surface area (Å²) in [6.07, 6.45) is 0. The summed E-state index contributed by atoms with van der Waals surface area (Å²) in [5.74, 6) is 0.440. The van der Waals surface area contributed by atoms with E-state index in [2.05, 4.69) is 0 Å². The number of hydrogen-bond acceptors (Lipinski definition) is 3. The summed E-state index contributed by atoms with van der Waals surface area (Å²) in [7, 11) is -4.02. The quantitative estimate of drug-likeness (QED) is 0.781. The summed E-state index contributed by atoms with van der Waals surface area (Å²) < 4.78 is 29.6. The fourth-order valence-corrected chi connectivity index (χ4v) is 1.19. The predicted molar refractivity (Wildman–Crippen MR) is 62.9 cm³/mol. The summed E-state index contributed by atoms with van der Waals surface area (Å²) >= 11 is 0. The molecule has 0 bridgehead atoms. The Labute approximate surface area is 96.7 Å². The monoisotopic (exact) mass is 246 g/mol. The van der Waals surface area contributed by atoms with E-state index >= 15 is 0 Å². The second-order valence-corrected chi connectivity index (χ2v) is 5.29. The smallest absolute Gasteiger partial charge is 0.294 e. The third-order valence-electron chi connectivity index (χ3n) is 1.68. The zero-order valence-electron chi connectivity index (χ0n) is 9.71. The first-order chi connectivity index (χ1) is 7.27. The van der Waals surface area contributed by atoms with E-state index < -0.39 is 10.1 Å². The van der Waals surface area contributed by atoms with Gasteiger partial charge in [0.15, 0.2) is 0 Å². The van der Waals surface area contributed by atoms with E-state index in [0.29, 0.717) is 12.5 Å². The Morgan fingerprint density at radius 1 is 1.19 bits per heavy atom. The summed E-state index contributed by atoms with van der Waals surface area (Å²) in [6.45, 7) is 6.09. The van der Waals surface area contributed by atoms with Gasteiger partial charge in [-0.05, 0) is 25.0 Å². The standard InChI is InChI=1S/C7H8O3S.C4H10O/c1-6-2-4-7(5-3-6)11(8,9)10;1-4(2)3-5/h2-5H,1H3,(H,8,9,10);4-5H,3H2,1-2H3. The van der Waals surface area contributed by atoms with Crippen molar-refractivity contribution >= 4 is 10.1 Å². The molecule has 0 aliphatic rings. The van der Waals surface area contributed by atoms with Gasteiger partial charge >= 0.3 is 0 Å². The fraction of sp³-hybridized carbons (Fsp3) is 0.455. The molecule has 4 nitrogen and oxygen atoms in total. The Morgan fingerprint density at radius 2 is 1.56 bits per heavy atom. The number of hydrogen-bond donors (Lipinski definition) is 2. The molecule has 0 unspecified atom stereocenters. The lowest BCUT2D eigenvalue weighted by atomic mass is 10.2.